The summed E-state index contributed by atoms with van der Waals surface area (Å²) in [6, 6.07) is 0. The van der Waals surface area contributed by atoms with E-state index in [4.69, 9.17) is 4.74 Å². The maximum atomic E-state index is 12.3. The fourth-order valence-electron chi connectivity index (χ4n) is 2.14. The van der Waals surface area contributed by atoms with Gasteiger partial charge in [-0.1, -0.05) is 0 Å². The molecule has 5 nitrogen and oxygen atoms in total. The zero-order chi connectivity index (χ0) is 16.2. The Balaban J connectivity index is 2.52. The van der Waals surface area contributed by atoms with E-state index in [1.165, 1.54) is 0 Å². The Labute approximate surface area is 135 Å². The van der Waals surface area contributed by atoms with Crippen LogP contribution in [0, 0.1) is 5.92 Å². The van der Waals surface area contributed by atoms with E-state index in [9.17, 15) is 9.59 Å². The average Bonchev–Trinajstić information content (AvgIpc) is 2.35. The van der Waals surface area contributed by atoms with E-state index in [0.717, 1.165) is 0 Å². The van der Waals surface area contributed by atoms with Crippen molar-refractivity contribution in [3.8, 4) is 0 Å². The molecule has 1 aliphatic heterocycles. The molecule has 0 atom stereocenters. The van der Waals surface area contributed by atoms with Crippen LogP contribution in [0.2, 0.25) is 0 Å². The van der Waals surface area contributed by atoms with Gasteiger partial charge in [-0.25, -0.2) is 4.79 Å². The first-order chi connectivity index (χ1) is 9.60. The van der Waals surface area contributed by atoms with Crippen LogP contribution in [0.25, 0.3) is 0 Å². The summed E-state index contributed by atoms with van der Waals surface area (Å²) in [5.74, 6) is 0.0711. The van der Waals surface area contributed by atoms with Gasteiger partial charge in [0.2, 0.25) is 0 Å². The lowest BCUT2D eigenvalue weighted by Crippen LogP contribution is -2.43. The van der Waals surface area contributed by atoms with Gasteiger partial charge in [-0.2, -0.15) is 0 Å². The summed E-state index contributed by atoms with van der Waals surface area (Å²) < 4.78 is 5.93. The van der Waals surface area contributed by atoms with Crippen molar-refractivity contribution in [2.45, 2.75) is 39.2 Å². The zero-order valence-corrected chi connectivity index (χ0v) is 15.1. The second kappa shape index (κ2) is 7.29. The Bertz CT molecular complexity index is 419. The predicted molar refractivity (Wildman–Crippen MR) is 86.2 cm³/mol. The quantitative estimate of drug-likeness (QED) is 0.725. The SMILES string of the molecule is CN(C)C=C(Br)C(=O)C1CCN(C(=O)OC(C)(C)C)CC1. The Morgan fingerprint density at radius 2 is 1.76 bits per heavy atom. The lowest BCUT2D eigenvalue weighted by molar-refractivity contribution is -0.119. The van der Waals surface area contributed by atoms with Crippen LogP contribution in [0.3, 0.4) is 0 Å². The van der Waals surface area contributed by atoms with E-state index < -0.39 is 5.60 Å². The van der Waals surface area contributed by atoms with Crippen molar-refractivity contribution >= 4 is 27.8 Å². The minimum Gasteiger partial charge on any atom is -0.444 e. The number of Topliss-reactive ketones (excluding diaryl/α,β-unsaturated/α-hetero) is 1. The van der Waals surface area contributed by atoms with Gasteiger partial charge < -0.3 is 14.5 Å². The first-order valence-electron chi connectivity index (χ1n) is 7.16. The number of piperidine rings is 1. The lowest BCUT2D eigenvalue weighted by atomic mass is 9.92. The largest absolute Gasteiger partial charge is 0.444 e. The first kappa shape index (κ1) is 18.0. The molecular formula is C15H25BrN2O3. The molecule has 1 aliphatic rings. The molecule has 0 N–H and O–H groups in total. The number of ether oxygens (including phenoxy) is 1. The summed E-state index contributed by atoms with van der Waals surface area (Å²) in [6.45, 7) is 6.68. The topological polar surface area (TPSA) is 49.9 Å². The van der Waals surface area contributed by atoms with Gasteiger partial charge in [-0.05, 0) is 49.5 Å². The van der Waals surface area contributed by atoms with Gasteiger partial charge >= 0.3 is 6.09 Å². The summed E-state index contributed by atoms with van der Waals surface area (Å²) >= 11 is 3.33. The molecule has 0 aromatic carbocycles. The van der Waals surface area contributed by atoms with Crippen LogP contribution < -0.4 is 0 Å². The number of carbonyl (C=O) groups is 2. The maximum Gasteiger partial charge on any atom is 0.410 e. The van der Waals surface area contributed by atoms with Crippen molar-refractivity contribution in [2.75, 3.05) is 27.2 Å². The van der Waals surface area contributed by atoms with Crippen molar-refractivity contribution in [3.05, 3.63) is 10.7 Å². The summed E-state index contributed by atoms with van der Waals surface area (Å²) in [7, 11) is 3.75. The summed E-state index contributed by atoms with van der Waals surface area (Å²) in [6.07, 6.45) is 2.82. The van der Waals surface area contributed by atoms with E-state index in [1.54, 1.807) is 11.1 Å². The highest BCUT2D eigenvalue weighted by molar-refractivity contribution is 9.12. The van der Waals surface area contributed by atoms with Crippen molar-refractivity contribution in [2.24, 2.45) is 5.92 Å². The van der Waals surface area contributed by atoms with E-state index >= 15 is 0 Å². The van der Waals surface area contributed by atoms with Gasteiger partial charge in [0, 0.05) is 39.3 Å². The molecule has 1 fully saturated rings. The van der Waals surface area contributed by atoms with Gasteiger partial charge in [-0.3, -0.25) is 4.79 Å². The smallest absolute Gasteiger partial charge is 0.410 e. The molecule has 0 radical (unpaired) electrons. The Morgan fingerprint density at radius 1 is 1.24 bits per heavy atom. The number of ketones is 1. The van der Waals surface area contributed by atoms with Crippen LogP contribution in [0.1, 0.15) is 33.6 Å². The predicted octanol–water partition coefficient (Wildman–Crippen LogP) is 3.00. The van der Waals surface area contributed by atoms with Crippen LogP contribution in [-0.4, -0.2) is 54.5 Å². The maximum absolute atomic E-state index is 12.3. The van der Waals surface area contributed by atoms with Crippen molar-refractivity contribution < 1.29 is 14.3 Å². The van der Waals surface area contributed by atoms with Crippen molar-refractivity contribution in [3.63, 3.8) is 0 Å². The van der Waals surface area contributed by atoms with E-state index in [2.05, 4.69) is 15.9 Å². The third kappa shape index (κ3) is 6.08. The van der Waals surface area contributed by atoms with Crippen molar-refractivity contribution in [1.82, 2.24) is 9.80 Å². The molecule has 0 bridgehead atoms. The number of hydrogen-bond acceptors (Lipinski definition) is 4. The molecule has 0 spiro atoms. The molecule has 1 heterocycles. The van der Waals surface area contributed by atoms with Crippen LogP contribution in [-0.2, 0) is 9.53 Å². The number of likely N-dealkylation sites (tertiary alicyclic amines) is 1. The molecule has 6 heteroatoms. The normalized spacial score (nSPS) is 17.6. The molecule has 21 heavy (non-hydrogen) atoms. The van der Waals surface area contributed by atoms with Crippen molar-refractivity contribution in [1.29, 1.82) is 0 Å². The first-order valence-corrected chi connectivity index (χ1v) is 7.95. The third-order valence-electron chi connectivity index (χ3n) is 3.12. The van der Waals surface area contributed by atoms with E-state index in [0.29, 0.717) is 30.4 Å². The lowest BCUT2D eigenvalue weighted by Gasteiger charge is -2.32. The molecule has 0 unspecified atom stereocenters. The number of halogens is 1. The van der Waals surface area contributed by atoms with E-state index in [1.807, 2.05) is 39.8 Å². The molecule has 0 aromatic heterocycles. The molecule has 1 amide bonds. The molecule has 0 aromatic rings. The molecule has 1 saturated heterocycles. The fourth-order valence-corrected chi connectivity index (χ4v) is 2.87. The van der Waals surface area contributed by atoms with Gasteiger partial charge in [0.15, 0.2) is 5.78 Å². The number of hydrogen-bond donors (Lipinski definition) is 0. The molecule has 120 valence electrons. The summed E-state index contributed by atoms with van der Waals surface area (Å²) in [5.41, 5.74) is -0.485. The van der Waals surface area contributed by atoms with Crippen LogP contribution in [0.4, 0.5) is 4.79 Å². The summed E-state index contributed by atoms with van der Waals surface area (Å²) in [4.78, 5) is 27.7. The van der Waals surface area contributed by atoms with Crippen LogP contribution >= 0.6 is 15.9 Å². The second-order valence-corrected chi connectivity index (χ2v) is 7.40. The summed E-state index contributed by atoms with van der Waals surface area (Å²) in [5, 5.41) is 0. The number of rotatable bonds is 3. The third-order valence-corrected chi connectivity index (χ3v) is 3.72. The molecule has 1 rings (SSSR count). The van der Waals surface area contributed by atoms with Gasteiger partial charge in [0.05, 0.1) is 4.48 Å². The minimum absolute atomic E-state index is 0.0331. The Hall–Kier alpha value is -1.04. The van der Waals surface area contributed by atoms with Gasteiger partial charge in [0.25, 0.3) is 0 Å². The number of carbonyl (C=O) groups excluding carboxylic acids is 2. The van der Waals surface area contributed by atoms with Gasteiger partial charge in [0.1, 0.15) is 5.60 Å². The Kier molecular flexibility index (Phi) is 6.25. The average molecular weight is 361 g/mol. The molecule has 0 saturated carbocycles. The van der Waals surface area contributed by atoms with E-state index in [-0.39, 0.29) is 17.8 Å². The highest BCUT2D eigenvalue weighted by Gasteiger charge is 2.30. The number of amides is 1. The monoisotopic (exact) mass is 360 g/mol. The van der Waals surface area contributed by atoms with Gasteiger partial charge in [-0.15, -0.1) is 0 Å². The fraction of sp³-hybridized carbons (Fsp3) is 0.733. The highest BCUT2D eigenvalue weighted by Crippen LogP contribution is 2.24. The number of allylic oxidation sites excluding steroid dienone is 1. The van der Waals surface area contributed by atoms with Crippen LogP contribution in [0.15, 0.2) is 10.7 Å². The molecule has 0 aliphatic carbocycles. The highest BCUT2D eigenvalue weighted by atomic mass is 79.9. The standard InChI is InChI=1S/C15H25BrN2O3/c1-15(2,3)21-14(20)18-8-6-11(7-9-18)13(19)12(16)10-17(4)5/h10-11H,6-9H2,1-5H3. The zero-order valence-electron chi connectivity index (χ0n) is 13.5. The molecular weight excluding hydrogens is 336 g/mol. The minimum atomic E-state index is -0.485. The van der Waals surface area contributed by atoms with Crippen LogP contribution in [0.5, 0.6) is 0 Å². The Morgan fingerprint density at radius 3 is 2.19 bits per heavy atom. The second-order valence-electron chi connectivity index (χ2n) is 6.55. The number of nitrogens with zero attached hydrogens (tertiary/aromatic N) is 2.